The van der Waals surface area contributed by atoms with E-state index < -0.39 is 0 Å². The third kappa shape index (κ3) is 3.80. The summed E-state index contributed by atoms with van der Waals surface area (Å²) in [5.41, 5.74) is 1.93. The number of nitrogens with zero attached hydrogens (tertiary/aromatic N) is 1. The molecule has 0 saturated heterocycles. The number of rotatable bonds is 5. The van der Waals surface area contributed by atoms with E-state index >= 15 is 0 Å². The van der Waals surface area contributed by atoms with Gasteiger partial charge in [0.05, 0.1) is 0 Å². The molecule has 0 aliphatic rings. The first-order valence-electron chi connectivity index (χ1n) is 5.35. The fourth-order valence-electron chi connectivity index (χ4n) is 1.59. The Hall–Kier alpha value is -0.540. The molecule has 0 spiro atoms. The molecule has 16 heavy (non-hydrogen) atoms. The first-order valence-corrected chi connectivity index (χ1v) is 6.52. The number of aryl methyl sites for hydroxylation is 1. The van der Waals surface area contributed by atoms with E-state index in [4.69, 9.17) is 16.8 Å². The molecule has 0 fully saturated rings. The van der Waals surface area contributed by atoms with Gasteiger partial charge in [-0.2, -0.15) is 0 Å². The number of halogens is 2. The Kier molecular flexibility index (Phi) is 5.85. The van der Waals surface area contributed by atoms with Crippen molar-refractivity contribution in [3.63, 3.8) is 0 Å². The van der Waals surface area contributed by atoms with Crippen molar-refractivity contribution >= 4 is 32.7 Å². The summed E-state index contributed by atoms with van der Waals surface area (Å²) in [6.45, 7) is 2.17. The smallest absolute Gasteiger partial charge is 0.175 e. The number of hydrogen-bond donors (Lipinski definition) is 1. The van der Waals surface area contributed by atoms with Crippen LogP contribution in [-0.4, -0.2) is 10.4 Å². The zero-order valence-electron chi connectivity index (χ0n) is 9.21. The summed E-state index contributed by atoms with van der Waals surface area (Å²) in [5.74, 6) is 0. The zero-order chi connectivity index (χ0) is 12.0. The van der Waals surface area contributed by atoms with Crippen molar-refractivity contribution in [1.29, 1.82) is 0 Å². The Morgan fingerprint density at radius 3 is 2.81 bits per heavy atom. The molecule has 0 aliphatic carbocycles. The molecule has 1 rings (SSSR count). The molecule has 0 amide bonds. The van der Waals surface area contributed by atoms with Gasteiger partial charge in [-0.15, -0.1) is 0 Å². The maximum atomic E-state index is 8.70. The van der Waals surface area contributed by atoms with E-state index in [1.807, 2.05) is 18.2 Å². The lowest BCUT2D eigenvalue weighted by Crippen LogP contribution is -1.99. The summed E-state index contributed by atoms with van der Waals surface area (Å²) < 4.78 is 1.02. The predicted octanol–water partition coefficient (Wildman–Crippen LogP) is 4.56. The second kappa shape index (κ2) is 6.92. The van der Waals surface area contributed by atoms with Crippen LogP contribution >= 0.6 is 27.5 Å². The largest absolute Gasteiger partial charge is 0.410 e. The Labute approximate surface area is 109 Å². The predicted molar refractivity (Wildman–Crippen MR) is 71.5 cm³/mol. The summed E-state index contributed by atoms with van der Waals surface area (Å²) in [4.78, 5) is 0. The molecule has 0 aromatic heterocycles. The van der Waals surface area contributed by atoms with Crippen LogP contribution in [-0.2, 0) is 6.42 Å². The number of hydrogen-bond acceptors (Lipinski definition) is 2. The van der Waals surface area contributed by atoms with Gasteiger partial charge in [0.25, 0.3) is 0 Å². The molecule has 0 unspecified atom stereocenters. The topological polar surface area (TPSA) is 32.6 Å². The summed E-state index contributed by atoms with van der Waals surface area (Å²) in [5, 5.41) is 11.9. The first-order chi connectivity index (χ1) is 7.69. The van der Waals surface area contributed by atoms with Crippen molar-refractivity contribution in [2.75, 3.05) is 0 Å². The Morgan fingerprint density at radius 2 is 2.19 bits per heavy atom. The lowest BCUT2D eigenvalue weighted by molar-refractivity contribution is 0.321. The van der Waals surface area contributed by atoms with E-state index in [2.05, 4.69) is 28.0 Å². The average Bonchev–Trinajstić information content (AvgIpc) is 2.29. The first kappa shape index (κ1) is 13.5. The van der Waals surface area contributed by atoms with Gasteiger partial charge in [-0.05, 0) is 30.5 Å². The quantitative estimate of drug-likeness (QED) is 0.368. The van der Waals surface area contributed by atoms with Crippen LogP contribution in [0.4, 0.5) is 0 Å². The molecule has 0 radical (unpaired) electrons. The average molecular weight is 305 g/mol. The Bertz CT molecular complexity index is 379. The van der Waals surface area contributed by atoms with E-state index in [0.29, 0.717) is 0 Å². The van der Waals surface area contributed by atoms with Gasteiger partial charge in [0.2, 0.25) is 0 Å². The van der Waals surface area contributed by atoms with Gasteiger partial charge in [0.15, 0.2) is 5.17 Å². The van der Waals surface area contributed by atoms with Gasteiger partial charge in [-0.25, -0.2) is 0 Å². The minimum atomic E-state index is 0.152. The molecular formula is C12H15BrClNO. The molecule has 0 bridgehead atoms. The highest BCUT2D eigenvalue weighted by Gasteiger charge is 2.08. The third-order valence-corrected chi connectivity index (χ3v) is 3.20. The summed E-state index contributed by atoms with van der Waals surface area (Å²) in [7, 11) is 0. The highest BCUT2D eigenvalue weighted by Crippen LogP contribution is 2.20. The third-order valence-electron chi connectivity index (χ3n) is 2.43. The molecular weight excluding hydrogens is 289 g/mol. The van der Waals surface area contributed by atoms with Gasteiger partial charge in [0, 0.05) is 10.0 Å². The minimum Gasteiger partial charge on any atom is -0.410 e. The van der Waals surface area contributed by atoms with Crippen molar-refractivity contribution in [3.8, 4) is 0 Å². The SMILES string of the molecule is CCCCCc1cc(Br)ccc1C(Cl)=NO. The standard InChI is InChI=1S/C12H15BrClNO/c1-2-3-4-5-9-8-10(13)6-7-11(9)12(14)15-16/h6-8,16H,2-5H2,1H3. The maximum absolute atomic E-state index is 8.70. The van der Waals surface area contributed by atoms with Crippen LogP contribution < -0.4 is 0 Å². The van der Waals surface area contributed by atoms with Crippen LogP contribution in [0.5, 0.6) is 0 Å². The molecule has 1 aromatic rings. The van der Waals surface area contributed by atoms with Crippen molar-refractivity contribution in [3.05, 3.63) is 33.8 Å². The summed E-state index contributed by atoms with van der Waals surface area (Å²) in [6.07, 6.45) is 4.45. The zero-order valence-corrected chi connectivity index (χ0v) is 11.6. The van der Waals surface area contributed by atoms with Crippen LogP contribution in [0.2, 0.25) is 0 Å². The number of benzene rings is 1. The molecule has 0 aliphatic heterocycles. The van der Waals surface area contributed by atoms with Gasteiger partial charge < -0.3 is 5.21 Å². The molecule has 0 heterocycles. The van der Waals surface area contributed by atoms with Crippen LogP contribution in [0.15, 0.2) is 27.8 Å². The molecule has 0 atom stereocenters. The molecule has 2 nitrogen and oxygen atoms in total. The van der Waals surface area contributed by atoms with Crippen molar-refractivity contribution in [1.82, 2.24) is 0 Å². The Morgan fingerprint density at radius 1 is 1.44 bits per heavy atom. The van der Waals surface area contributed by atoms with Crippen molar-refractivity contribution in [2.24, 2.45) is 5.16 Å². The van der Waals surface area contributed by atoms with E-state index in [-0.39, 0.29) is 5.17 Å². The van der Waals surface area contributed by atoms with Crippen LogP contribution in [0, 0.1) is 0 Å². The second-order valence-electron chi connectivity index (χ2n) is 3.65. The highest BCUT2D eigenvalue weighted by molar-refractivity contribution is 9.10. The monoisotopic (exact) mass is 303 g/mol. The molecule has 1 aromatic carbocycles. The van der Waals surface area contributed by atoms with E-state index in [0.717, 1.165) is 28.4 Å². The number of oxime groups is 1. The fraction of sp³-hybridized carbons (Fsp3) is 0.417. The van der Waals surface area contributed by atoms with E-state index in [1.54, 1.807) is 0 Å². The van der Waals surface area contributed by atoms with Crippen molar-refractivity contribution in [2.45, 2.75) is 32.6 Å². The molecule has 1 N–H and O–H groups in total. The fourth-order valence-corrected chi connectivity index (χ4v) is 2.18. The molecule has 0 saturated carbocycles. The normalized spacial score (nSPS) is 11.8. The maximum Gasteiger partial charge on any atom is 0.175 e. The van der Waals surface area contributed by atoms with Gasteiger partial charge in [-0.3, -0.25) is 0 Å². The molecule has 88 valence electrons. The van der Waals surface area contributed by atoms with Crippen LogP contribution in [0.3, 0.4) is 0 Å². The van der Waals surface area contributed by atoms with Gasteiger partial charge in [-0.1, -0.05) is 58.5 Å². The van der Waals surface area contributed by atoms with Crippen LogP contribution in [0.25, 0.3) is 0 Å². The molecule has 4 heteroatoms. The number of unbranched alkanes of at least 4 members (excludes halogenated alkanes) is 2. The summed E-state index contributed by atoms with van der Waals surface area (Å²) in [6, 6.07) is 5.79. The lowest BCUT2D eigenvalue weighted by Gasteiger charge is -2.07. The van der Waals surface area contributed by atoms with Gasteiger partial charge in [0.1, 0.15) is 0 Å². The Balaban J connectivity index is 2.90. The second-order valence-corrected chi connectivity index (χ2v) is 4.92. The summed E-state index contributed by atoms with van der Waals surface area (Å²) >= 11 is 9.28. The van der Waals surface area contributed by atoms with Crippen molar-refractivity contribution < 1.29 is 5.21 Å². The van der Waals surface area contributed by atoms with E-state index in [1.165, 1.54) is 12.8 Å². The lowest BCUT2D eigenvalue weighted by atomic mass is 10.0. The highest BCUT2D eigenvalue weighted by atomic mass is 79.9. The van der Waals surface area contributed by atoms with E-state index in [9.17, 15) is 0 Å². The van der Waals surface area contributed by atoms with Crippen LogP contribution in [0.1, 0.15) is 37.3 Å². The minimum absolute atomic E-state index is 0.152. The van der Waals surface area contributed by atoms with Gasteiger partial charge >= 0.3 is 0 Å².